The van der Waals surface area contributed by atoms with Crippen LogP contribution < -0.4 is 0 Å². The fourth-order valence-corrected chi connectivity index (χ4v) is 2.13. The van der Waals surface area contributed by atoms with Gasteiger partial charge < -0.3 is 5.11 Å². The first kappa shape index (κ1) is 11.0. The smallest absolute Gasteiger partial charge is 0.0664 e. The number of likely N-dealkylation sites (tertiary alicyclic amines) is 1. The predicted octanol–water partition coefficient (Wildman–Crippen LogP) is 1.88. The highest BCUT2D eigenvalue weighted by molar-refractivity contribution is 4.78. The Kier molecular flexibility index (Phi) is 4.20. The van der Waals surface area contributed by atoms with Crippen LogP contribution in [0.25, 0.3) is 0 Å². The van der Waals surface area contributed by atoms with Gasteiger partial charge in [-0.2, -0.15) is 0 Å². The Bertz CT molecular complexity index is 149. The van der Waals surface area contributed by atoms with Gasteiger partial charge in [-0.05, 0) is 38.6 Å². The summed E-state index contributed by atoms with van der Waals surface area (Å²) in [5.41, 5.74) is 0. The molecule has 1 aliphatic heterocycles. The number of β-amino-alcohol motifs (C(OH)–C–C–N with tert-alkyl or cyclic N) is 1. The van der Waals surface area contributed by atoms with Crippen LogP contribution in [-0.4, -0.2) is 35.2 Å². The van der Waals surface area contributed by atoms with Gasteiger partial charge in [0, 0.05) is 12.6 Å². The maximum absolute atomic E-state index is 9.55. The van der Waals surface area contributed by atoms with E-state index in [0.717, 1.165) is 18.9 Å². The van der Waals surface area contributed by atoms with E-state index in [-0.39, 0.29) is 6.10 Å². The minimum atomic E-state index is -0.129. The monoisotopic (exact) mass is 185 g/mol. The molecule has 0 radical (unpaired) electrons. The highest BCUT2D eigenvalue weighted by Crippen LogP contribution is 2.22. The topological polar surface area (TPSA) is 23.5 Å². The number of rotatable bonds is 3. The molecule has 2 heteroatoms. The normalized spacial score (nSPS) is 33.2. The highest BCUT2D eigenvalue weighted by atomic mass is 16.3. The van der Waals surface area contributed by atoms with E-state index < -0.39 is 0 Å². The molecule has 13 heavy (non-hydrogen) atoms. The van der Waals surface area contributed by atoms with Crippen molar-refractivity contribution in [2.24, 2.45) is 5.92 Å². The lowest BCUT2D eigenvalue weighted by atomic mass is 9.93. The molecule has 2 nitrogen and oxygen atoms in total. The summed E-state index contributed by atoms with van der Waals surface area (Å²) >= 11 is 0. The lowest BCUT2D eigenvalue weighted by molar-refractivity contribution is 0.0588. The minimum Gasteiger partial charge on any atom is -0.392 e. The summed E-state index contributed by atoms with van der Waals surface area (Å²) in [7, 11) is 0. The Morgan fingerprint density at radius 2 is 2.15 bits per heavy atom. The number of hydrogen-bond donors (Lipinski definition) is 1. The van der Waals surface area contributed by atoms with Crippen LogP contribution in [0.15, 0.2) is 0 Å². The van der Waals surface area contributed by atoms with Crippen molar-refractivity contribution >= 4 is 0 Å². The van der Waals surface area contributed by atoms with Crippen LogP contribution in [0.1, 0.15) is 40.0 Å². The van der Waals surface area contributed by atoms with Crippen LogP contribution in [0.4, 0.5) is 0 Å². The van der Waals surface area contributed by atoms with Crippen molar-refractivity contribution in [3.63, 3.8) is 0 Å². The minimum absolute atomic E-state index is 0.129. The average molecular weight is 185 g/mol. The zero-order valence-electron chi connectivity index (χ0n) is 9.16. The first-order valence-corrected chi connectivity index (χ1v) is 5.55. The Labute approximate surface area is 81.9 Å². The van der Waals surface area contributed by atoms with E-state index in [1.165, 1.54) is 19.4 Å². The van der Waals surface area contributed by atoms with Gasteiger partial charge in [0.25, 0.3) is 0 Å². The summed E-state index contributed by atoms with van der Waals surface area (Å²) in [6.45, 7) is 8.67. The largest absolute Gasteiger partial charge is 0.392 e. The molecule has 1 aliphatic rings. The molecule has 3 atom stereocenters. The van der Waals surface area contributed by atoms with Gasteiger partial charge in [-0.25, -0.2) is 0 Å². The highest BCUT2D eigenvalue weighted by Gasteiger charge is 2.23. The van der Waals surface area contributed by atoms with E-state index in [1.54, 1.807) is 0 Å². The molecule has 0 aromatic rings. The number of hydrogen-bond acceptors (Lipinski definition) is 2. The van der Waals surface area contributed by atoms with E-state index in [9.17, 15) is 5.11 Å². The fraction of sp³-hybridized carbons (Fsp3) is 1.00. The van der Waals surface area contributed by atoms with Gasteiger partial charge in [0.15, 0.2) is 0 Å². The molecule has 0 aliphatic carbocycles. The second-order valence-corrected chi connectivity index (χ2v) is 4.54. The molecule has 0 bridgehead atoms. The second kappa shape index (κ2) is 4.97. The van der Waals surface area contributed by atoms with Crippen LogP contribution in [0.3, 0.4) is 0 Å². The van der Waals surface area contributed by atoms with E-state index in [0.29, 0.717) is 6.04 Å². The van der Waals surface area contributed by atoms with Crippen molar-refractivity contribution in [1.82, 2.24) is 4.90 Å². The van der Waals surface area contributed by atoms with Crippen molar-refractivity contribution in [3.8, 4) is 0 Å². The molecular weight excluding hydrogens is 162 g/mol. The molecule has 0 aromatic heterocycles. The van der Waals surface area contributed by atoms with Gasteiger partial charge in [-0.1, -0.05) is 13.8 Å². The zero-order valence-corrected chi connectivity index (χ0v) is 9.16. The van der Waals surface area contributed by atoms with Crippen LogP contribution >= 0.6 is 0 Å². The Morgan fingerprint density at radius 1 is 1.46 bits per heavy atom. The van der Waals surface area contributed by atoms with Gasteiger partial charge in [-0.3, -0.25) is 4.90 Å². The molecule has 0 spiro atoms. The van der Waals surface area contributed by atoms with Crippen molar-refractivity contribution < 1.29 is 5.11 Å². The molecule has 3 unspecified atom stereocenters. The molecule has 78 valence electrons. The third kappa shape index (κ3) is 3.28. The van der Waals surface area contributed by atoms with E-state index >= 15 is 0 Å². The Balaban J connectivity index is 2.33. The van der Waals surface area contributed by atoms with E-state index in [2.05, 4.69) is 18.7 Å². The van der Waals surface area contributed by atoms with Crippen LogP contribution in [-0.2, 0) is 0 Å². The fourth-order valence-electron chi connectivity index (χ4n) is 2.13. The van der Waals surface area contributed by atoms with Crippen LogP contribution in [0.5, 0.6) is 0 Å². The molecule has 1 fully saturated rings. The summed E-state index contributed by atoms with van der Waals surface area (Å²) < 4.78 is 0. The predicted molar refractivity (Wildman–Crippen MR) is 55.7 cm³/mol. The quantitative estimate of drug-likeness (QED) is 0.725. The van der Waals surface area contributed by atoms with Crippen LogP contribution in [0, 0.1) is 5.92 Å². The lowest BCUT2D eigenvalue weighted by Crippen LogP contribution is -2.44. The number of aliphatic hydroxyl groups excluding tert-OH is 1. The summed E-state index contributed by atoms with van der Waals surface area (Å²) in [6.07, 6.45) is 3.33. The van der Waals surface area contributed by atoms with Gasteiger partial charge in [0.2, 0.25) is 0 Å². The van der Waals surface area contributed by atoms with Crippen molar-refractivity contribution in [2.75, 3.05) is 13.1 Å². The maximum Gasteiger partial charge on any atom is 0.0664 e. The molecule has 1 heterocycles. The summed E-state index contributed by atoms with van der Waals surface area (Å²) in [5.74, 6) is 0.866. The number of piperidine rings is 1. The maximum atomic E-state index is 9.55. The van der Waals surface area contributed by atoms with Gasteiger partial charge in [-0.15, -0.1) is 0 Å². The average Bonchev–Trinajstić information content (AvgIpc) is 2.09. The molecular formula is C11H23NO. The SMILES string of the molecule is CCC(O)CN1CCC(C)CC1C. The third-order valence-corrected chi connectivity index (χ3v) is 3.19. The Hall–Kier alpha value is -0.0800. The molecule has 1 saturated heterocycles. The standard InChI is InChI=1S/C11H23NO/c1-4-11(13)8-12-6-5-9(2)7-10(12)3/h9-11,13H,4-8H2,1-3H3. The Morgan fingerprint density at radius 3 is 2.69 bits per heavy atom. The van der Waals surface area contributed by atoms with Crippen LogP contribution in [0.2, 0.25) is 0 Å². The van der Waals surface area contributed by atoms with E-state index in [4.69, 9.17) is 0 Å². The summed E-state index contributed by atoms with van der Waals surface area (Å²) in [5, 5.41) is 9.55. The van der Waals surface area contributed by atoms with Crippen molar-refractivity contribution in [3.05, 3.63) is 0 Å². The number of aliphatic hydroxyl groups is 1. The lowest BCUT2D eigenvalue weighted by Gasteiger charge is -2.37. The number of nitrogens with zero attached hydrogens (tertiary/aromatic N) is 1. The summed E-state index contributed by atoms with van der Waals surface area (Å²) in [6, 6.07) is 0.657. The van der Waals surface area contributed by atoms with Gasteiger partial charge in [0.05, 0.1) is 6.10 Å². The van der Waals surface area contributed by atoms with Gasteiger partial charge >= 0.3 is 0 Å². The third-order valence-electron chi connectivity index (χ3n) is 3.19. The van der Waals surface area contributed by atoms with Crippen molar-refractivity contribution in [2.45, 2.75) is 52.2 Å². The van der Waals surface area contributed by atoms with Gasteiger partial charge in [0.1, 0.15) is 0 Å². The molecule has 0 aromatic carbocycles. The zero-order chi connectivity index (χ0) is 9.84. The first-order chi connectivity index (χ1) is 6.13. The molecule has 0 saturated carbocycles. The second-order valence-electron chi connectivity index (χ2n) is 4.54. The molecule has 1 rings (SSSR count). The van der Waals surface area contributed by atoms with E-state index in [1.807, 2.05) is 6.92 Å². The van der Waals surface area contributed by atoms with Crippen molar-refractivity contribution in [1.29, 1.82) is 0 Å². The molecule has 1 N–H and O–H groups in total. The summed E-state index contributed by atoms with van der Waals surface area (Å²) in [4.78, 5) is 2.42. The molecule has 0 amide bonds. The first-order valence-electron chi connectivity index (χ1n) is 5.55.